The highest BCUT2D eigenvalue weighted by Gasteiger charge is 2.32. The van der Waals surface area contributed by atoms with Gasteiger partial charge in [-0.3, -0.25) is 4.79 Å². The van der Waals surface area contributed by atoms with Crippen LogP contribution in [0.3, 0.4) is 0 Å². The Balaban J connectivity index is 1.64. The first kappa shape index (κ1) is 16.9. The van der Waals surface area contributed by atoms with E-state index < -0.39 is 9.84 Å². The normalized spacial score (nSPS) is 20.9. The fourth-order valence-corrected chi connectivity index (χ4v) is 6.80. The Morgan fingerprint density at radius 3 is 2.92 bits per heavy atom. The first-order valence-corrected chi connectivity index (χ1v) is 11.6. The summed E-state index contributed by atoms with van der Waals surface area (Å²) in [7, 11) is -2.91. The van der Waals surface area contributed by atoms with Crippen LogP contribution in [0.15, 0.2) is 27.7 Å². The number of hydrogen-bond acceptors (Lipinski definition) is 6. The third-order valence-corrected chi connectivity index (χ3v) is 8.08. The molecule has 2 atom stereocenters. The average molecular weight is 397 g/mol. The van der Waals surface area contributed by atoms with Crippen molar-refractivity contribution in [3.8, 4) is 10.4 Å². The van der Waals surface area contributed by atoms with E-state index in [0.717, 1.165) is 15.3 Å². The molecule has 0 unspecified atom stereocenters. The van der Waals surface area contributed by atoms with E-state index in [-0.39, 0.29) is 29.1 Å². The first-order chi connectivity index (χ1) is 11.9. The predicted molar refractivity (Wildman–Crippen MR) is 101 cm³/mol. The lowest BCUT2D eigenvalue weighted by Gasteiger charge is -2.14. The standard InChI is InChI=1S/C16H17N3O3S3/c1-9(17-10-4-6-25(21,22)8-10)14-18-15(20)13-11(7-24-16(13)19-14)12-3-2-5-23-12/h2-3,5,7,9-10,17H,4,6,8H2,1H3,(H,18,19,20)/p+1/t9-,10-/m1/s1. The zero-order valence-electron chi connectivity index (χ0n) is 13.6. The molecule has 3 N–H and O–H groups in total. The Morgan fingerprint density at radius 2 is 2.24 bits per heavy atom. The molecule has 1 fully saturated rings. The number of aromatic nitrogens is 2. The van der Waals surface area contributed by atoms with Crippen LogP contribution in [0.4, 0.5) is 0 Å². The van der Waals surface area contributed by atoms with Gasteiger partial charge in [-0.2, -0.15) is 0 Å². The van der Waals surface area contributed by atoms with Gasteiger partial charge < -0.3 is 10.3 Å². The lowest BCUT2D eigenvalue weighted by molar-refractivity contribution is -0.721. The van der Waals surface area contributed by atoms with Gasteiger partial charge in [0.15, 0.2) is 15.7 Å². The summed E-state index contributed by atoms with van der Waals surface area (Å²) in [6, 6.07) is 3.90. The third-order valence-electron chi connectivity index (χ3n) is 4.51. The molecule has 0 aromatic carbocycles. The monoisotopic (exact) mass is 396 g/mol. The molecule has 25 heavy (non-hydrogen) atoms. The summed E-state index contributed by atoms with van der Waals surface area (Å²) in [5, 5.41) is 6.59. The highest BCUT2D eigenvalue weighted by Crippen LogP contribution is 2.33. The maximum atomic E-state index is 12.6. The predicted octanol–water partition coefficient (Wildman–Crippen LogP) is 1.52. The smallest absolute Gasteiger partial charge is 0.260 e. The number of nitrogens with one attached hydrogen (secondary N) is 1. The van der Waals surface area contributed by atoms with Crippen LogP contribution in [-0.2, 0) is 9.84 Å². The second-order valence-corrected chi connectivity index (χ2v) is 10.4. The summed E-state index contributed by atoms with van der Waals surface area (Å²) in [5.74, 6) is 1.05. The third kappa shape index (κ3) is 3.29. The Hall–Kier alpha value is -1.55. The molecular formula is C16H18N3O3S3+. The Bertz CT molecular complexity index is 1070. The summed E-state index contributed by atoms with van der Waals surface area (Å²) >= 11 is 3.07. The molecule has 132 valence electrons. The topological polar surface area (TPSA) is 96.5 Å². The van der Waals surface area contributed by atoms with Crippen molar-refractivity contribution < 1.29 is 13.7 Å². The number of fused-ring (bicyclic) bond motifs is 1. The van der Waals surface area contributed by atoms with Gasteiger partial charge in [0, 0.05) is 22.2 Å². The van der Waals surface area contributed by atoms with Gasteiger partial charge in [0.05, 0.1) is 11.1 Å². The van der Waals surface area contributed by atoms with Crippen molar-refractivity contribution in [3.63, 3.8) is 0 Å². The van der Waals surface area contributed by atoms with E-state index in [9.17, 15) is 13.2 Å². The van der Waals surface area contributed by atoms with Crippen LogP contribution in [0.2, 0.25) is 0 Å². The number of sulfone groups is 1. The molecule has 0 radical (unpaired) electrons. The molecule has 3 aromatic rings. The van der Waals surface area contributed by atoms with Crippen molar-refractivity contribution in [1.82, 2.24) is 9.97 Å². The molecule has 4 heterocycles. The van der Waals surface area contributed by atoms with Crippen LogP contribution in [0.25, 0.3) is 20.7 Å². The molecular weight excluding hydrogens is 378 g/mol. The number of nitrogens with two attached hydrogens (primary N) is 1. The second-order valence-electron chi connectivity index (χ2n) is 6.40. The van der Waals surface area contributed by atoms with Gasteiger partial charge >= 0.3 is 0 Å². The zero-order valence-corrected chi connectivity index (χ0v) is 16.0. The van der Waals surface area contributed by atoms with Crippen LogP contribution < -0.4 is 10.9 Å². The van der Waals surface area contributed by atoms with Crippen LogP contribution in [-0.4, -0.2) is 35.9 Å². The van der Waals surface area contributed by atoms with E-state index in [1.165, 1.54) is 11.3 Å². The van der Waals surface area contributed by atoms with E-state index in [1.807, 2.05) is 35.1 Å². The minimum absolute atomic E-state index is 0.0333. The number of thiophene rings is 2. The van der Waals surface area contributed by atoms with Crippen molar-refractivity contribution in [1.29, 1.82) is 0 Å². The number of H-pyrrole nitrogens is 1. The number of quaternary nitrogens is 1. The molecule has 0 bridgehead atoms. The van der Waals surface area contributed by atoms with Gasteiger partial charge in [-0.15, -0.1) is 22.7 Å². The largest absolute Gasteiger partial charge is 0.334 e. The molecule has 0 amide bonds. The molecule has 0 spiro atoms. The van der Waals surface area contributed by atoms with Crippen molar-refractivity contribution in [2.24, 2.45) is 0 Å². The summed E-state index contributed by atoms with van der Waals surface area (Å²) in [4.78, 5) is 21.9. The zero-order chi connectivity index (χ0) is 17.6. The van der Waals surface area contributed by atoms with Gasteiger partial charge in [-0.05, 0) is 18.4 Å². The fourth-order valence-electron chi connectivity index (χ4n) is 3.27. The molecule has 0 saturated carbocycles. The number of aromatic amines is 1. The maximum Gasteiger partial charge on any atom is 0.260 e. The number of hydrogen-bond donors (Lipinski definition) is 2. The van der Waals surface area contributed by atoms with Gasteiger partial charge in [0.1, 0.15) is 22.7 Å². The van der Waals surface area contributed by atoms with Gasteiger partial charge in [0.2, 0.25) is 0 Å². The number of rotatable bonds is 4. The summed E-state index contributed by atoms with van der Waals surface area (Å²) < 4.78 is 23.2. The van der Waals surface area contributed by atoms with Crippen molar-refractivity contribution in [3.05, 3.63) is 39.1 Å². The average Bonchev–Trinajstić information content (AvgIpc) is 3.26. The van der Waals surface area contributed by atoms with Crippen LogP contribution in [0.5, 0.6) is 0 Å². The minimum Gasteiger partial charge on any atom is -0.334 e. The Morgan fingerprint density at radius 1 is 1.40 bits per heavy atom. The quantitative estimate of drug-likeness (QED) is 0.699. The Labute approximate surface area is 152 Å². The molecule has 3 aromatic heterocycles. The van der Waals surface area contributed by atoms with Crippen LogP contribution in [0, 0.1) is 0 Å². The molecule has 1 aliphatic heterocycles. The van der Waals surface area contributed by atoms with E-state index in [4.69, 9.17) is 0 Å². The van der Waals surface area contributed by atoms with E-state index in [1.54, 1.807) is 11.3 Å². The van der Waals surface area contributed by atoms with Crippen LogP contribution >= 0.6 is 22.7 Å². The molecule has 0 aliphatic carbocycles. The van der Waals surface area contributed by atoms with E-state index in [2.05, 4.69) is 9.97 Å². The summed E-state index contributed by atoms with van der Waals surface area (Å²) in [6.07, 6.45) is 0.653. The van der Waals surface area contributed by atoms with Crippen LogP contribution in [0.1, 0.15) is 25.2 Å². The summed E-state index contributed by atoms with van der Waals surface area (Å²) in [5.41, 5.74) is 0.790. The minimum atomic E-state index is -2.91. The molecule has 4 rings (SSSR count). The van der Waals surface area contributed by atoms with Gasteiger partial charge in [-0.1, -0.05) is 6.07 Å². The summed E-state index contributed by atoms with van der Waals surface area (Å²) in [6.45, 7) is 1.95. The van der Waals surface area contributed by atoms with E-state index >= 15 is 0 Å². The maximum absolute atomic E-state index is 12.6. The SMILES string of the molecule is C[C@@H]([NH2+][C@@H]1CCS(=O)(=O)C1)c1nc2scc(-c3cccs3)c2c(=O)[nH]1. The highest BCUT2D eigenvalue weighted by molar-refractivity contribution is 7.91. The molecule has 1 aliphatic rings. The highest BCUT2D eigenvalue weighted by atomic mass is 32.2. The lowest BCUT2D eigenvalue weighted by atomic mass is 10.2. The van der Waals surface area contributed by atoms with Crippen molar-refractivity contribution in [2.45, 2.75) is 25.4 Å². The fraction of sp³-hybridized carbons (Fsp3) is 0.375. The van der Waals surface area contributed by atoms with Crippen molar-refractivity contribution in [2.75, 3.05) is 11.5 Å². The lowest BCUT2D eigenvalue weighted by Crippen LogP contribution is -2.91. The Kier molecular flexibility index (Phi) is 4.27. The van der Waals surface area contributed by atoms with Gasteiger partial charge in [-0.25, -0.2) is 13.4 Å². The molecule has 1 saturated heterocycles. The molecule has 6 nitrogen and oxygen atoms in total. The van der Waals surface area contributed by atoms with Crippen molar-refractivity contribution >= 4 is 42.7 Å². The van der Waals surface area contributed by atoms with E-state index in [0.29, 0.717) is 17.6 Å². The van der Waals surface area contributed by atoms with Gasteiger partial charge in [0.25, 0.3) is 5.56 Å². The first-order valence-electron chi connectivity index (χ1n) is 8.03. The second kappa shape index (κ2) is 6.31. The number of nitrogens with zero attached hydrogens (tertiary/aromatic N) is 1. The molecule has 9 heteroatoms.